The van der Waals surface area contributed by atoms with Crippen molar-refractivity contribution >= 4 is 5.78 Å². The highest BCUT2D eigenvalue weighted by molar-refractivity contribution is 5.91. The highest BCUT2D eigenvalue weighted by atomic mass is 16.1. The minimum absolute atomic E-state index is 0.287. The molecule has 0 spiro atoms. The highest BCUT2D eigenvalue weighted by Crippen LogP contribution is 2.63. The van der Waals surface area contributed by atoms with Gasteiger partial charge in [0.25, 0.3) is 0 Å². The van der Waals surface area contributed by atoms with Crippen LogP contribution in [-0.2, 0) is 4.79 Å². The van der Waals surface area contributed by atoms with E-state index >= 15 is 0 Å². The summed E-state index contributed by atoms with van der Waals surface area (Å²) in [7, 11) is 0. The van der Waals surface area contributed by atoms with E-state index in [0.717, 1.165) is 30.9 Å². The molecule has 2 nitrogen and oxygen atoms in total. The molecule has 3 aliphatic carbocycles. The SMILES string of the molecule is CC1=C2C(CCC1NC1=CC(=O)CCC1)C2(C)C. The molecule has 0 bridgehead atoms. The molecule has 3 rings (SSSR count). The number of hydrogen-bond donors (Lipinski definition) is 1. The topological polar surface area (TPSA) is 29.1 Å². The largest absolute Gasteiger partial charge is 0.382 e. The second kappa shape index (κ2) is 3.97. The van der Waals surface area contributed by atoms with Crippen LogP contribution in [0.5, 0.6) is 0 Å². The first-order chi connectivity index (χ1) is 8.50. The van der Waals surface area contributed by atoms with Crippen molar-refractivity contribution in [3.05, 3.63) is 22.9 Å². The van der Waals surface area contributed by atoms with Gasteiger partial charge in [-0.25, -0.2) is 0 Å². The number of carbonyl (C=O) groups is 1. The van der Waals surface area contributed by atoms with Gasteiger partial charge in [0.2, 0.25) is 0 Å². The van der Waals surface area contributed by atoms with Crippen molar-refractivity contribution in [2.45, 2.75) is 58.9 Å². The Kier molecular flexibility index (Phi) is 2.65. The average molecular weight is 245 g/mol. The molecule has 0 heterocycles. The number of nitrogens with one attached hydrogen (secondary N) is 1. The van der Waals surface area contributed by atoms with Gasteiger partial charge in [0.05, 0.1) is 0 Å². The number of carbonyl (C=O) groups excluding carboxylic acids is 1. The van der Waals surface area contributed by atoms with E-state index < -0.39 is 0 Å². The Bertz CT molecular complexity index is 456. The Labute approximate surface area is 110 Å². The zero-order chi connectivity index (χ0) is 12.9. The first-order valence-electron chi connectivity index (χ1n) is 7.21. The lowest BCUT2D eigenvalue weighted by Gasteiger charge is -2.26. The summed E-state index contributed by atoms with van der Waals surface area (Å²) in [5.41, 5.74) is 4.81. The molecule has 2 heteroatoms. The maximum atomic E-state index is 11.4. The van der Waals surface area contributed by atoms with Gasteiger partial charge in [0, 0.05) is 24.2 Å². The van der Waals surface area contributed by atoms with Crippen molar-refractivity contribution in [1.82, 2.24) is 5.32 Å². The van der Waals surface area contributed by atoms with Crippen LogP contribution >= 0.6 is 0 Å². The summed E-state index contributed by atoms with van der Waals surface area (Å²) >= 11 is 0. The quantitative estimate of drug-likeness (QED) is 0.756. The maximum absolute atomic E-state index is 11.4. The Morgan fingerprint density at radius 3 is 2.78 bits per heavy atom. The van der Waals surface area contributed by atoms with E-state index in [-0.39, 0.29) is 5.78 Å². The second-order valence-electron chi connectivity index (χ2n) is 6.63. The molecule has 1 N–H and O–H groups in total. The predicted octanol–water partition coefficient (Wildman–Crippen LogP) is 3.35. The third kappa shape index (κ3) is 1.82. The van der Waals surface area contributed by atoms with Crippen molar-refractivity contribution in [3.8, 4) is 0 Å². The van der Waals surface area contributed by atoms with E-state index in [1.54, 1.807) is 5.57 Å². The Balaban J connectivity index is 1.75. The number of ketones is 1. The molecule has 0 saturated heterocycles. The molecule has 0 radical (unpaired) electrons. The van der Waals surface area contributed by atoms with Gasteiger partial charge in [-0.1, -0.05) is 25.0 Å². The fourth-order valence-corrected chi connectivity index (χ4v) is 3.97. The summed E-state index contributed by atoms with van der Waals surface area (Å²) < 4.78 is 0. The fraction of sp³-hybridized carbons (Fsp3) is 0.688. The molecule has 0 aliphatic heterocycles. The van der Waals surface area contributed by atoms with Crippen LogP contribution in [0.25, 0.3) is 0 Å². The van der Waals surface area contributed by atoms with Crippen LogP contribution in [-0.4, -0.2) is 11.8 Å². The summed E-state index contributed by atoms with van der Waals surface area (Å²) in [6, 6.07) is 0.468. The van der Waals surface area contributed by atoms with Crippen LogP contribution in [0.3, 0.4) is 0 Å². The molecular weight excluding hydrogens is 222 g/mol. The summed E-state index contributed by atoms with van der Waals surface area (Å²) in [4.78, 5) is 11.4. The normalized spacial score (nSPS) is 33.9. The highest BCUT2D eigenvalue weighted by Gasteiger charge is 2.55. The first-order valence-corrected chi connectivity index (χ1v) is 7.21. The van der Waals surface area contributed by atoms with Gasteiger partial charge in [-0.2, -0.15) is 0 Å². The maximum Gasteiger partial charge on any atom is 0.157 e. The van der Waals surface area contributed by atoms with Crippen molar-refractivity contribution in [3.63, 3.8) is 0 Å². The molecule has 0 aromatic heterocycles. The molecular formula is C16H23NO. The van der Waals surface area contributed by atoms with Crippen LogP contribution in [0, 0.1) is 11.3 Å². The molecule has 18 heavy (non-hydrogen) atoms. The van der Waals surface area contributed by atoms with E-state index in [2.05, 4.69) is 26.1 Å². The lowest BCUT2D eigenvalue weighted by atomic mass is 9.94. The van der Waals surface area contributed by atoms with E-state index in [1.165, 1.54) is 18.4 Å². The van der Waals surface area contributed by atoms with Crippen LogP contribution in [0.15, 0.2) is 22.9 Å². The van der Waals surface area contributed by atoms with Gasteiger partial charge in [-0.15, -0.1) is 0 Å². The molecule has 3 aliphatic rings. The zero-order valence-corrected chi connectivity index (χ0v) is 11.7. The van der Waals surface area contributed by atoms with Crippen LogP contribution in [0.1, 0.15) is 52.9 Å². The Hall–Kier alpha value is -1.05. The third-order valence-corrected chi connectivity index (χ3v) is 5.09. The minimum Gasteiger partial charge on any atom is -0.382 e. The van der Waals surface area contributed by atoms with Gasteiger partial charge >= 0.3 is 0 Å². The monoisotopic (exact) mass is 245 g/mol. The van der Waals surface area contributed by atoms with Crippen LogP contribution < -0.4 is 5.32 Å². The lowest BCUT2D eigenvalue weighted by Crippen LogP contribution is -2.32. The van der Waals surface area contributed by atoms with E-state index in [1.807, 2.05) is 6.08 Å². The molecule has 1 fully saturated rings. The van der Waals surface area contributed by atoms with Gasteiger partial charge < -0.3 is 5.32 Å². The predicted molar refractivity (Wildman–Crippen MR) is 73.1 cm³/mol. The fourth-order valence-electron chi connectivity index (χ4n) is 3.97. The number of rotatable bonds is 2. The van der Waals surface area contributed by atoms with Crippen molar-refractivity contribution in [2.24, 2.45) is 11.3 Å². The minimum atomic E-state index is 0.287. The van der Waals surface area contributed by atoms with E-state index in [9.17, 15) is 4.79 Å². The molecule has 1 saturated carbocycles. The van der Waals surface area contributed by atoms with E-state index in [0.29, 0.717) is 11.5 Å². The van der Waals surface area contributed by atoms with Gasteiger partial charge in [0.15, 0.2) is 5.78 Å². The van der Waals surface area contributed by atoms with Crippen LogP contribution in [0.2, 0.25) is 0 Å². The number of allylic oxidation sites excluding steroid dienone is 3. The van der Waals surface area contributed by atoms with Gasteiger partial charge in [-0.3, -0.25) is 4.79 Å². The molecule has 0 aromatic rings. The Morgan fingerprint density at radius 2 is 2.06 bits per heavy atom. The van der Waals surface area contributed by atoms with Crippen molar-refractivity contribution in [2.75, 3.05) is 0 Å². The molecule has 0 aromatic carbocycles. The van der Waals surface area contributed by atoms with Gasteiger partial charge in [0.1, 0.15) is 0 Å². The van der Waals surface area contributed by atoms with Gasteiger partial charge in [-0.05, 0) is 43.9 Å². The lowest BCUT2D eigenvalue weighted by molar-refractivity contribution is -0.115. The number of fused-ring (bicyclic) bond motifs is 1. The molecule has 0 amide bonds. The van der Waals surface area contributed by atoms with E-state index in [4.69, 9.17) is 0 Å². The third-order valence-electron chi connectivity index (χ3n) is 5.09. The molecule has 2 atom stereocenters. The first kappa shape index (κ1) is 12.0. The second-order valence-corrected chi connectivity index (χ2v) is 6.63. The Morgan fingerprint density at radius 1 is 1.28 bits per heavy atom. The summed E-state index contributed by atoms with van der Waals surface area (Å²) in [6.45, 7) is 7.00. The van der Waals surface area contributed by atoms with Crippen LogP contribution in [0.4, 0.5) is 0 Å². The summed E-state index contributed by atoms with van der Waals surface area (Å²) in [5, 5.41) is 3.62. The molecule has 2 unspecified atom stereocenters. The zero-order valence-electron chi connectivity index (χ0n) is 11.7. The summed E-state index contributed by atoms with van der Waals surface area (Å²) in [6.07, 6.45) is 7.12. The van der Waals surface area contributed by atoms with Crippen molar-refractivity contribution < 1.29 is 4.79 Å². The van der Waals surface area contributed by atoms with Crippen molar-refractivity contribution in [1.29, 1.82) is 0 Å². The smallest absolute Gasteiger partial charge is 0.157 e. The standard InChI is InChI=1S/C16H23NO/c1-10-14(8-7-13-15(10)16(13,2)3)17-11-5-4-6-12(18)9-11/h9,13-14,17H,4-8H2,1-3H3. The molecule has 98 valence electrons. The average Bonchev–Trinajstić information content (AvgIpc) is 2.86. The summed E-state index contributed by atoms with van der Waals surface area (Å²) in [5.74, 6) is 1.12. The number of hydrogen-bond acceptors (Lipinski definition) is 2.